The van der Waals surface area contributed by atoms with Crippen LogP contribution in [0, 0.1) is 0 Å². The summed E-state index contributed by atoms with van der Waals surface area (Å²) in [6.45, 7) is 5.68. The molecule has 11 nitrogen and oxygen atoms in total. The fourth-order valence-electron chi connectivity index (χ4n) is 3.20. The molecule has 1 saturated heterocycles. The number of benzene rings is 1. The largest absolute Gasteiger partial charge is 0.451 e. The van der Waals surface area contributed by atoms with E-state index in [4.69, 9.17) is 9.47 Å². The number of carbonyl (C=O) groups is 4. The van der Waals surface area contributed by atoms with Gasteiger partial charge in [-0.1, -0.05) is 0 Å². The topological polar surface area (TPSA) is 131 Å². The van der Waals surface area contributed by atoms with E-state index in [1.165, 1.54) is 30.6 Å². The first-order valence-electron chi connectivity index (χ1n) is 10.0. The number of esters is 2. The molecule has 1 fully saturated rings. The summed E-state index contributed by atoms with van der Waals surface area (Å²) in [5.74, 6) is -2.27. The summed E-state index contributed by atoms with van der Waals surface area (Å²) in [5, 5.41) is 0. The number of ether oxygens (including phenoxy) is 2. The van der Waals surface area contributed by atoms with Crippen molar-refractivity contribution in [3.8, 4) is 0 Å². The lowest BCUT2D eigenvalue weighted by molar-refractivity contribution is -0.171. The zero-order valence-electron chi connectivity index (χ0n) is 18.4. The Morgan fingerprint density at radius 2 is 1.67 bits per heavy atom. The van der Waals surface area contributed by atoms with Gasteiger partial charge in [0.1, 0.15) is 5.52 Å². The molecule has 2 atom stereocenters. The van der Waals surface area contributed by atoms with E-state index in [1.807, 2.05) is 0 Å². The third-order valence-electron chi connectivity index (χ3n) is 4.77. The highest BCUT2D eigenvalue weighted by molar-refractivity contribution is 9.10. The van der Waals surface area contributed by atoms with E-state index in [2.05, 4.69) is 30.9 Å². The molecule has 0 aliphatic carbocycles. The number of nitrogens with zero attached hydrogens (tertiary/aromatic N) is 5. The van der Waals surface area contributed by atoms with Gasteiger partial charge < -0.3 is 9.47 Å². The minimum absolute atomic E-state index is 0.104. The molecule has 0 spiro atoms. The summed E-state index contributed by atoms with van der Waals surface area (Å²) in [4.78, 5) is 64.2. The van der Waals surface area contributed by atoms with Gasteiger partial charge in [0, 0.05) is 39.3 Å². The molecule has 33 heavy (non-hydrogen) atoms. The number of aromatic nitrogens is 2. The van der Waals surface area contributed by atoms with Crippen LogP contribution in [0.3, 0.4) is 0 Å². The van der Waals surface area contributed by atoms with Crippen molar-refractivity contribution >= 4 is 62.4 Å². The second-order valence-corrected chi connectivity index (χ2v) is 8.02. The maximum absolute atomic E-state index is 13.1. The lowest BCUT2D eigenvalue weighted by Gasteiger charge is -2.23. The van der Waals surface area contributed by atoms with E-state index < -0.39 is 30.1 Å². The molecule has 3 rings (SSSR count). The normalized spacial score (nSPS) is 16.6. The van der Waals surface area contributed by atoms with Crippen LogP contribution in [0.4, 0.5) is 5.69 Å². The predicted octanol–water partition coefficient (Wildman–Crippen LogP) is 1.95. The zero-order chi connectivity index (χ0) is 24.3. The third-order valence-corrected chi connectivity index (χ3v) is 5.55. The number of hydrogen-bond donors (Lipinski definition) is 0. The lowest BCUT2D eigenvalue weighted by atomic mass is 10.2. The van der Waals surface area contributed by atoms with Crippen LogP contribution in [-0.4, -0.2) is 74.8 Å². The molecule has 0 saturated carbocycles. The van der Waals surface area contributed by atoms with Crippen LogP contribution < -0.4 is 0 Å². The molecule has 0 bridgehead atoms. The summed E-state index contributed by atoms with van der Waals surface area (Å²) < 4.78 is 10.5. The maximum Gasteiger partial charge on any atom is 0.347 e. The molecule has 1 aromatic carbocycles. The molecular formula is C21H22BrN5O6. The van der Waals surface area contributed by atoms with Gasteiger partial charge in [-0.05, 0) is 41.9 Å². The Morgan fingerprint density at radius 3 is 2.33 bits per heavy atom. The van der Waals surface area contributed by atoms with E-state index in [1.54, 1.807) is 24.5 Å². The van der Waals surface area contributed by atoms with E-state index >= 15 is 0 Å². The molecule has 2 aromatic rings. The fraction of sp³-hybridized carbons (Fsp3) is 0.381. The molecule has 2 amide bonds. The summed E-state index contributed by atoms with van der Waals surface area (Å²) >= 11 is 3.47. The Labute approximate surface area is 197 Å². The molecule has 12 heteroatoms. The predicted molar refractivity (Wildman–Crippen MR) is 120 cm³/mol. The number of hydrogen-bond acceptors (Lipinski definition) is 9. The molecule has 0 radical (unpaired) electrons. The highest BCUT2D eigenvalue weighted by atomic mass is 79.9. The molecule has 1 aliphatic rings. The SMILES string of the molecule is CC(=O)OC(C)C(=O)OC(C)C(=O)N1CCN(C(C)=O)C1=Nc1ccc2nccnc2c1Br. The molecule has 1 aromatic heterocycles. The monoisotopic (exact) mass is 519 g/mol. The smallest absolute Gasteiger partial charge is 0.347 e. The van der Waals surface area contributed by atoms with Crippen molar-refractivity contribution in [2.24, 2.45) is 4.99 Å². The van der Waals surface area contributed by atoms with Crippen LogP contribution in [0.1, 0.15) is 27.7 Å². The molecule has 2 unspecified atom stereocenters. The van der Waals surface area contributed by atoms with Gasteiger partial charge in [-0.2, -0.15) is 0 Å². The lowest BCUT2D eigenvalue weighted by Crippen LogP contribution is -2.45. The van der Waals surface area contributed by atoms with E-state index in [0.717, 1.165) is 6.92 Å². The van der Waals surface area contributed by atoms with Crippen molar-refractivity contribution in [1.29, 1.82) is 0 Å². The van der Waals surface area contributed by atoms with Crippen LogP contribution in [0.2, 0.25) is 0 Å². The summed E-state index contributed by atoms with van der Waals surface area (Å²) in [7, 11) is 0. The number of fused-ring (bicyclic) bond motifs is 1. The van der Waals surface area contributed by atoms with Crippen LogP contribution in [-0.2, 0) is 28.7 Å². The number of carbonyl (C=O) groups excluding carboxylic acids is 4. The Hall–Kier alpha value is -3.41. The number of guanidine groups is 1. The van der Waals surface area contributed by atoms with Crippen molar-refractivity contribution in [3.63, 3.8) is 0 Å². The Balaban J connectivity index is 1.89. The highest BCUT2D eigenvalue weighted by Crippen LogP contribution is 2.32. The number of aliphatic imine (C=N–C) groups is 1. The fourth-order valence-corrected chi connectivity index (χ4v) is 3.72. The van der Waals surface area contributed by atoms with Gasteiger partial charge in [0.05, 0.1) is 15.7 Å². The van der Waals surface area contributed by atoms with Crippen molar-refractivity contribution in [1.82, 2.24) is 19.8 Å². The Kier molecular flexibility index (Phi) is 7.36. The second kappa shape index (κ2) is 10.0. The number of amides is 2. The maximum atomic E-state index is 13.1. The third kappa shape index (κ3) is 5.33. The minimum Gasteiger partial charge on any atom is -0.451 e. The molecule has 174 valence electrons. The Bertz CT molecular complexity index is 1150. The zero-order valence-corrected chi connectivity index (χ0v) is 20.0. The van der Waals surface area contributed by atoms with Gasteiger partial charge in [0.2, 0.25) is 11.9 Å². The molecular weight excluding hydrogens is 498 g/mol. The van der Waals surface area contributed by atoms with Gasteiger partial charge in [0.25, 0.3) is 5.91 Å². The number of halogens is 1. The standard InChI is InChI=1S/C21H22BrN5O6/c1-11(33-20(31)12(2)32-14(4)29)19(30)27-10-9-26(13(3)28)21(27)25-15-5-6-16-18(17(15)22)24-8-7-23-16/h5-8,11-12H,9-10H2,1-4H3. The van der Waals surface area contributed by atoms with Crippen molar-refractivity contribution in [2.75, 3.05) is 13.1 Å². The average Bonchev–Trinajstić information content (AvgIpc) is 3.18. The molecule has 2 heterocycles. The summed E-state index contributed by atoms with van der Waals surface area (Å²) in [5.41, 5.74) is 1.67. The van der Waals surface area contributed by atoms with Crippen LogP contribution in [0.15, 0.2) is 34.0 Å². The minimum atomic E-state index is -1.20. The van der Waals surface area contributed by atoms with Crippen molar-refractivity contribution in [3.05, 3.63) is 29.0 Å². The van der Waals surface area contributed by atoms with Crippen LogP contribution in [0.5, 0.6) is 0 Å². The van der Waals surface area contributed by atoms with Gasteiger partial charge in [0.15, 0.2) is 12.2 Å². The summed E-state index contributed by atoms with van der Waals surface area (Å²) in [6.07, 6.45) is 0.760. The van der Waals surface area contributed by atoms with Gasteiger partial charge >= 0.3 is 11.9 Å². The second-order valence-electron chi connectivity index (χ2n) is 7.23. The van der Waals surface area contributed by atoms with Crippen LogP contribution in [0.25, 0.3) is 11.0 Å². The van der Waals surface area contributed by atoms with E-state index in [-0.39, 0.29) is 25.0 Å². The van der Waals surface area contributed by atoms with E-state index in [9.17, 15) is 19.2 Å². The molecule has 1 aliphatic heterocycles. The highest BCUT2D eigenvalue weighted by Gasteiger charge is 2.37. The first-order chi connectivity index (χ1) is 15.6. The quantitative estimate of drug-likeness (QED) is 0.547. The number of rotatable bonds is 5. The van der Waals surface area contributed by atoms with E-state index in [0.29, 0.717) is 21.2 Å². The van der Waals surface area contributed by atoms with Gasteiger partial charge in [-0.25, -0.2) is 9.79 Å². The van der Waals surface area contributed by atoms with Gasteiger partial charge in [-0.15, -0.1) is 0 Å². The summed E-state index contributed by atoms with van der Waals surface area (Å²) in [6, 6.07) is 3.42. The molecule has 0 N–H and O–H groups in total. The van der Waals surface area contributed by atoms with Crippen LogP contribution >= 0.6 is 15.9 Å². The first kappa shape index (κ1) is 24.2. The Morgan fingerprint density at radius 1 is 1.00 bits per heavy atom. The first-order valence-corrected chi connectivity index (χ1v) is 10.8. The average molecular weight is 520 g/mol. The van der Waals surface area contributed by atoms with Gasteiger partial charge in [-0.3, -0.25) is 34.2 Å². The van der Waals surface area contributed by atoms with Crippen molar-refractivity contribution < 1.29 is 28.7 Å². The van der Waals surface area contributed by atoms with Crippen molar-refractivity contribution in [2.45, 2.75) is 39.9 Å².